The van der Waals surface area contributed by atoms with Gasteiger partial charge >= 0.3 is 5.97 Å². The van der Waals surface area contributed by atoms with Crippen LogP contribution in [0.5, 0.6) is 0 Å². The summed E-state index contributed by atoms with van der Waals surface area (Å²) in [6, 6.07) is 17.0. The van der Waals surface area contributed by atoms with Crippen LogP contribution in [0, 0.1) is 3.57 Å². The average molecular weight is 629 g/mol. The second-order valence-corrected chi connectivity index (χ2v) is 12.0. The van der Waals surface area contributed by atoms with Crippen LogP contribution in [0.2, 0.25) is 0 Å². The van der Waals surface area contributed by atoms with Gasteiger partial charge in [0.15, 0.2) is 0 Å². The van der Waals surface area contributed by atoms with Crippen molar-refractivity contribution in [3.63, 3.8) is 0 Å². The van der Waals surface area contributed by atoms with Crippen molar-refractivity contribution in [2.24, 2.45) is 0 Å². The van der Waals surface area contributed by atoms with E-state index in [-0.39, 0.29) is 5.50 Å². The molecule has 2 aromatic carbocycles. The first-order valence-electron chi connectivity index (χ1n) is 11.4. The van der Waals surface area contributed by atoms with Gasteiger partial charge < -0.3 is 5.11 Å². The molecule has 2 aliphatic rings. The quantitative estimate of drug-likeness (QED) is 0.273. The van der Waals surface area contributed by atoms with Crippen molar-refractivity contribution in [2.75, 3.05) is 5.75 Å². The summed E-state index contributed by atoms with van der Waals surface area (Å²) in [6.07, 6.45) is 8.02. The summed E-state index contributed by atoms with van der Waals surface area (Å²) in [7, 11) is 0. The molecule has 172 valence electrons. The standard InChI is InChI=1S/C25H30BrIN2O2S/c26-19-11-7-17(8-12-19)15-22(24(30)31)28-25-29(21-5-3-1-2-4-6-21)23(16-32-25)18-9-13-20(27)14-10-18/h7-14,21-23,25,28H,1-6,15-16H2,(H,30,31). The van der Waals surface area contributed by atoms with Crippen molar-refractivity contribution in [1.29, 1.82) is 0 Å². The van der Waals surface area contributed by atoms with Crippen LogP contribution in [0.1, 0.15) is 55.7 Å². The third-order valence-electron chi connectivity index (χ3n) is 6.54. The number of nitrogens with one attached hydrogen (secondary N) is 1. The van der Waals surface area contributed by atoms with Crippen LogP contribution >= 0.6 is 50.3 Å². The third kappa shape index (κ3) is 6.29. The fourth-order valence-corrected chi connectivity index (χ4v) is 6.96. The summed E-state index contributed by atoms with van der Waals surface area (Å²) in [6.45, 7) is 0. The lowest BCUT2D eigenvalue weighted by Crippen LogP contribution is -2.52. The van der Waals surface area contributed by atoms with Gasteiger partial charge in [0.1, 0.15) is 11.5 Å². The summed E-state index contributed by atoms with van der Waals surface area (Å²) >= 11 is 7.67. The molecule has 4 rings (SSSR count). The van der Waals surface area contributed by atoms with Crippen LogP contribution in [0.15, 0.2) is 53.0 Å². The van der Waals surface area contributed by atoms with Crippen molar-refractivity contribution in [2.45, 2.75) is 68.6 Å². The Balaban J connectivity index is 1.56. The Morgan fingerprint density at radius 1 is 1.09 bits per heavy atom. The molecule has 3 unspecified atom stereocenters. The Hall–Kier alpha value is -0.610. The van der Waals surface area contributed by atoms with E-state index in [0.717, 1.165) is 15.8 Å². The minimum absolute atomic E-state index is 0.0129. The largest absolute Gasteiger partial charge is 0.480 e. The van der Waals surface area contributed by atoms with E-state index < -0.39 is 12.0 Å². The highest BCUT2D eigenvalue weighted by atomic mass is 127. The van der Waals surface area contributed by atoms with Gasteiger partial charge in [-0.05, 0) is 77.2 Å². The Kier molecular flexibility index (Phi) is 8.95. The number of carboxylic acid groups (broad SMARTS) is 1. The number of hydrogen-bond acceptors (Lipinski definition) is 4. The van der Waals surface area contributed by atoms with Crippen LogP contribution < -0.4 is 5.32 Å². The Bertz CT molecular complexity index is 888. The maximum Gasteiger partial charge on any atom is 0.321 e. The third-order valence-corrected chi connectivity index (χ3v) is 8.99. The van der Waals surface area contributed by atoms with Crippen molar-refractivity contribution in [3.05, 3.63) is 67.7 Å². The molecule has 2 N–H and O–H groups in total. The van der Waals surface area contributed by atoms with Gasteiger partial charge in [0.2, 0.25) is 0 Å². The number of rotatable bonds is 7. The fourth-order valence-electron chi connectivity index (χ4n) is 4.85. The highest BCUT2D eigenvalue weighted by molar-refractivity contribution is 14.1. The van der Waals surface area contributed by atoms with E-state index in [1.54, 1.807) is 0 Å². The van der Waals surface area contributed by atoms with Gasteiger partial charge in [0, 0.05) is 25.9 Å². The van der Waals surface area contributed by atoms with E-state index >= 15 is 0 Å². The predicted molar refractivity (Wildman–Crippen MR) is 144 cm³/mol. The summed E-state index contributed by atoms with van der Waals surface area (Å²) in [5.74, 6) is 0.200. The number of hydrogen-bond donors (Lipinski definition) is 2. The molecule has 1 saturated heterocycles. The molecule has 7 heteroatoms. The zero-order chi connectivity index (χ0) is 22.5. The molecule has 4 nitrogen and oxygen atoms in total. The highest BCUT2D eigenvalue weighted by Gasteiger charge is 2.41. The lowest BCUT2D eigenvalue weighted by molar-refractivity contribution is -0.139. The summed E-state index contributed by atoms with van der Waals surface area (Å²) in [5, 5.41) is 13.5. The minimum atomic E-state index is -0.785. The maximum atomic E-state index is 12.2. The molecular formula is C25H30BrIN2O2S. The molecule has 0 spiro atoms. The number of carbonyl (C=O) groups is 1. The van der Waals surface area contributed by atoms with E-state index in [2.05, 4.69) is 73.0 Å². The van der Waals surface area contributed by atoms with Crippen LogP contribution in [-0.2, 0) is 11.2 Å². The van der Waals surface area contributed by atoms with Crippen LogP contribution in [0.25, 0.3) is 0 Å². The molecular weight excluding hydrogens is 599 g/mol. The van der Waals surface area contributed by atoms with Crippen molar-refractivity contribution in [1.82, 2.24) is 10.2 Å². The Morgan fingerprint density at radius 3 is 2.38 bits per heavy atom. The minimum Gasteiger partial charge on any atom is -0.480 e. The first-order valence-corrected chi connectivity index (χ1v) is 14.3. The second-order valence-electron chi connectivity index (χ2n) is 8.73. The lowest BCUT2D eigenvalue weighted by atomic mass is 10.0. The van der Waals surface area contributed by atoms with Gasteiger partial charge in [-0.1, -0.05) is 65.9 Å². The number of benzene rings is 2. The van der Waals surface area contributed by atoms with E-state index in [1.807, 2.05) is 36.0 Å². The number of thioether (sulfide) groups is 1. The van der Waals surface area contributed by atoms with Crippen LogP contribution in [0.4, 0.5) is 0 Å². The van der Waals surface area contributed by atoms with Crippen molar-refractivity contribution in [3.8, 4) is 0 Å². The molecule has 1 aliphatic carbocycles. The topological polar surface area (TPSA) is 52.6 Å². The van der Waals surface area contributed by atoms with E-state index in [4.69, 9.17) is 0 Å². The molecule has 32 heavy (non-hydrogen) atoms. The number of carboxylic acids is 1. The summed E-state index contributed by atoms with van der Waals surface area (Å²) < 4.78 is 2.25. The fraction of sp³-hybridized carbons (Fsp3) is 0.480. The Morgan fingerprint density at radius 2 is 1.75 bits per heavy atom. The molecule has 2 fully saturated rings. The molecule has 0 radical (unpaired) electrons. The molecule has 1 saturated carbocycles. The van der Waals surface area contributed by atoms with Gasteiger partial charge in [-0.2, -0.15) is 0 Å². The molecule has 1 heterocycles. The monoisotopic (exact) mass is 628 g/mol. The second kappa shape index (κ2) is 11.7. The first kappa shape index (κ1) is 24.5. The van der Waals surface area contributed by atoms with Gasteiger partial charge in [-0.15, -0.1) is 11.8 Å². The smallest absolute Gasteiger partial charge is 0.321 e. The molecule has 0 bridgehead atoms. The summed E-state index contributed by atoms with van der Waals surface area (Å²) in [4.78, 5) is 14.8. The van der Waals surface area contributed by atoms with E-state index in [1.165, 1.54) is 47.7 Å². The Labute approximate surface area is 217 Å². The molecule has 2 aromatic rings. The predicted octanol–water partition coefficient (Wildman–Crippen LogP) is 6.44. The average Bonchev–Trinajstić information content (AvgIpc) is 3.00. The normalized spacial score (nSPS) is 23.7. The van der Waals surface area contributed by atoms with Crippen LogP contribution in [-0.4, -0.2) is 39.3 Å². The lowest BCUT2D eigenvalue weighted by Gasteiger charge is -2.38. The molecule has 0 amide bonds. The zero-order valence-corrected chi connectivity index (χ0v) is 22.6. The molecule has 1 aliphatic heterocycles. The number of halogens is 2. The number of aliphatic carboxylic acids is 1. The van der Waals surface area contributed by atoms with Crippen molar-refractivity contribution < 1.29 is 9.90 Å². The van der Waals surface area contributed by atoms with E-state index in [0.29, 0.717) is 18.5 Å². The van der Waals surface area contributed by atoms with Crippen LogP contribution in [0.3, 0.4) is 0 Å². The molecule has 3 atom stereocenters. The molecule has 0 aromatic heterocycles. The van der Waals surface area contributed by atoms with Gasteiger partial charge in [-0.3, -0.25) is 15.0 Å². The SMILES string of the molecule is O=C(O)C(Cc1ccc(Br)cc1)NC1SCC(c2ccc(I)cc2)N1C1CCCCCC1. The number of nitrogens with zero attached hydrogens (tertiary/aromatic N) is 1. The van der Waals surface area contributed by atoms with Gasteiger partial charge in [0.05, 0.1) is 0 Å². The first-order chi connectivity index (χ1) is 15.5. The highest BCUT2D eigenvalue weighted by Crippen LogP contribution is 2.42. The van der Waals surface area contributed by atoms with Gasteiger partial charge in [-0.25, -0.2) is 0 Å². The zero-order valence-electron chi connectivity index (χ0n) is 18.1. The maximum absolute atomic E-state index is 12.2. The van der Waals surface area contributed by atoms with Gasteiger partial charge in [0.25, 0.3) is 0 Å². The summed E-state index contributed by atoms with van der Waals surface area (Å²) in [5.41, 5.74) is 2.39. The van der Waals surface area contributed by atoms with E-state index in [9.17, 15) is 9.90 Å². The van der Waals surface area contributed by atoms with Crippen molar-refractivity contribution >= 4 is 56.3 Å².